The van der Waals surface area contributed by atoms with Gasteiger partial charge in [-0.05, 0) is 24.3 Å². The molecule has 19 heavy (non-hydrogen) atoms. The molecule has 0 aromatic carbocycles. The summed E-state index contributed by atoms with van der Waals surface area (Å²) >= 11 is 1.61. The van der Waals surface area contributed by atoms with E-state index in [4.69, 9.17) is 10.9 Å². The molecule has 1 rings (SSSR count). The fraction of sp³-hybridized carbons (Fsp3) is 0.538. The largest absolute Gasteiger partial charge is 0.409 e. The van der Waals surface area contributed by atoms with Crippen molar-refractivity contribution in [3.05, 3.63) is 22.4 Å². The first kappa shape index (κ1) is 15.5. The Morgan fingerprint density at radius 1 is 1.47 bits per heavy atom. The predicted molar refractivity (Wildman–Crippen MR) is 77.2 cm³/mol. The Bertz CT molecular complexity index is 443. The fourth-order valence-corrected chi connectivity index (χ4v) is 2.77. The van der Waals surface area contributed by atoms with Crippen LogP contribution >= 0.6 is 11.3 Å². The van der Waals surface area contributed by atoms with Gasteiger partial charge in [0, 0.05) is 11.9 Å². The van der Waals surface area contributed by atoms with Crippen molar-refractivity contribution in [3.8, 4) is 0 Å². The summed E-state index contributed by atoms with van der Waals surface area (Å²) in [6.07, 6.45) is 0. The molecule has 6 heteroatoms. The summed E-state index contributed by atoms with van der Waals surface area (Å²) in [4.78, 5) is 15.2. The molecular weight excluding hydrogens is 262 g/mol. The number of thiophene rings is 1. The van der Waals surface area contributed by atoms with Crippen molar-refractivity contribution in [1.29, 1.82) is 0 Å². The minimum atomic E-state index is -0.600. The zero-order valence-corrected chi connectivity index (χ0v) is 12.5. The minimum Gasteiger partial charge on any atom is -0.409 e. The van der Waals surface area contributed by atoms with Crippen LogP contribution in [-0.4, -0.2) is 28.9 Å². The quantitative estimate of drug-likeness (QED) is 0.376. The second-order valence-corrected chi connectivity index (χ2v) is 5.87. The van der Waals surface area contributed by atoms with Crippen LogP contribution in [0.4, 0.5) is 0 Å². The van der Waals surface area contributed by atoms with Crippen molar-refractivity contribution >= 4 is 23.1 Å². The van der Waals surface area contributed by atoms with Gasteiger partial charge in [-0.15, -0.1) is 11.3 Å². The maximum absolute atomic E-state index is 12.5. The normalized spacial score (nSPS) is 15.3. The number of carbonyl (C=O) groups is 1. The average molecular weight is 283 g/mol. The van der Waals surface area contributed by atoms with E-state index in [9.17, 15) is 4.79 Å². The predicted octanol–water partition coefficient (Wildman–Crippen LogP) is 2.29. The third-order valence-corrected chi connectivity index (χ3v) is 4.29. The first-order valence-electron chi connectivity index (χ1n) is 6.17. The van der Waals surface area contributed by atoms with Crippen molar-refractivity contribution in [3.63, 3.8) is 0 Å². The van der Waals surface area contributed by atoms with E-state index in [0.29, 0.717) is 0 Å². The van der Waals surface area contributed by atoms with Gasteiger partial charge in [-0.25, -0.2) is 0 Å². The van der Waals surface area contributed by atoms with Crippen molar-refractivity contribution in [1.82, 2.24) is 4.90 Å². The number of nitrogens with two attached hydrogens (primary N) is 1. The molecule has 0 spiro atoms. The highest BCUT2D eigenvalue weighted by Gasteiger charge is 2.31. The van der Waals surface area contributed by atoms with Gasteiger partial charge in [0.1, 0.15) is 5.92 Å². The number of rotatable bonds is 5. The molecule has 0 saturated heterocycles. The Morgan fingerprint density at radius 2 is 2.11 bits per heavy atom. The highest BCUT2D eigenvalue weighted by Crippen LogP contribution is 2.26. The molecule has 0 saturated carbocycles. The van der Waals surface area contributed by atoms with Crippen LogP contribution in [0.5, 0.6) is 0 Å². The molecule has 1 heterocycles. The summed E-state index contributed by atoms with van der Waals surface area (Å²) in [5.41, 5.74) is 5.63. The number of hydrogen-bond donors (Lipinski definition) is 2. The van der Waals surface area contributed by atoms with Gasteiger partial charge in [-0.1, -0.05) is 25.1 Å². The summed E-state index contributed by atoms with van der Waals surface area (Å²) in [5.74, 6) is -0.796. The number of nitrogens with zero attached hydrogens (tertiary/aromatic N) is 2. The molecule has 0 fully saturated rings. The standard InChI is InChI=1S/C13H21N3O2S/c1-8(2)11(12(14)15-18)13(17)16(4)9(3)10-6-5-7-19-10/h5-9,11,18H,1-4H3,(H2,14,15). The van der Waals surface area contributed by atoms with Crippen molar-refractivity contribution in [2.24, 2.45) is 22.7 Å². The summed E-state index contributed by atoms with van der Waals surface area (Å²) in [5, 5.41) is 13.8. The van der Waals surface area contributed by atoms with E-state index in [2.05, 4.69) is 5.16 Å². The van der Waals surface area contributed by atoms with Crippen LogP contribution in [0.2, 0.25) is 0 Å². The molecule has 106 valence electrons. The van der Waals surface area contributed by atoms with E-state index in [1.54, 1.807) is 23.3 Å². The van der Waals surface area contributed by atoms with E-state index in [-0.39, 0.29) is 23.7 Å². The summed E-state index contributed by atoms with van der Waals surface area (Å²) in [7, 11) is 1.74. The Balaban J connectivity index is 2.91. The minimum absolute atomic E-state index is 0.0265. The lowest BCUT2D eigenvalue weighted by Crippen LogP contribution is -2.43. The van der Waals surface area contributed by atoms with Crippen molar-refractivity contribution < 1.29 is 10.0 Å². The maximum atomic E-state index is 12.5. The van der Waals surface area contributed by atoms with Crippen LogP contribution in [0.1, 0.15) is 31.7 Å². The lowest BCUT2D eigenvalue weighted by atomic mass is 9.93. The van der Waals surface area contributed by atoms with E-state index >= 15 is 0 Å². The van der Waals surface area contributed by atoms with E-state index < -0.39 is 5.92 Å². The van der Waals surface area contributed by atoms with Crippen LogP contribution in [0.15, 0.2) is 22.7 Å². The highest BCUT2D eigenvalue weighted by molar-refractivity contribution is 7.10. The molecule has 0 radical (unpaired) electrons. The monoisotopic (exact) mass is 283 g/mol. The highest BCUT2D eigenvalue weighted by atomic mass is 32.1. The molecule has 2 unspecified atom stereocenters. The lowest BCUT2D eigenvalue weighted by Gasteiger charge is -2.29. The second-order valence-electron chi connectivity index (χ2n) is 4.89. The van der Waals surface area contributed by atoms with E-state index in [1.807, 2.05) is 38.3 Å². The SMILES string of the molecule is CC(C)C(C(=O)N(C)C(C)c1cccs1)C(N)=NO. The molecule has 2 atom stereocenters. The smallest absolute Gasteiger partial charge is 0.233 e. The first-order valence-corrected chi connectivity index (χ1v) is 7.05. The van der Waals surface area contributed by atoms with Gasteiger partial charge >= 0.3 is 0 Å². The lowest BCUT2D eigenvalue weighted by molar-refractivity contribution is -0.135. The van der Waals surface area contributed by atoms with Gasteiger partial charge in [-0.3, -0.25) is 4.79 Å². The third-order valence-electron chi connectivity index (χ3n) is 3.25. The topological polar surface area (TPSA) is 78.9 Å². The van der Waals surface area contributed by atoms with Gasteiger partial charge in [0.2, 0.25) is 5.91 Å². The molecule has 5 nitrogen and oxygen atoms in total. The van der Waals surface area contributed by atoms with Crippen LogP contribution in [0.25, 0.3) is 0 Å². The van der Waals surface area contributed by atoms with E-state index in [1.165, 1.54) is 0 Å². The summed E-state index contributed by atoms with van der Waals surface area (Å²) in [6.45, 7) is 5.72. The molecule has 0 aliphatic rings. The van der Waals surface area contributed by atoms with Crippen LogP contribution in [0.3, 0.4) is 0 Å². The van der Waals surface area contributed by atoms with Gasteiger partial charge < -0.3 is 15.8 Å². The summed E-state index contributed by atoms with van der Waals surface area (Å²) < 4.78 is 0. The van der Waals surface area contributed by atoms with Crippen molar-refractivity contribution in [2.75, 3.05) is 7.05 Å². The molecule has 0 bridgehead atoms. The molecule has 1 aromatic rings. The fourth-order valence-electron chi connectivity index (χ4n) is 1.95. The van der Waals surface area contributed by atoms with E-state index in [0.717, 1.165) is 4.88 Å². The zero-order chi connectivity index (χ0) is 14.6. The van der Waals surface area contributed by atoms with Gasteiger partial charge in [-0.2, -0.15) is 0 Å². The van der Waals surface area contributed by atoms with Crippen LogP contribution in [-0.2, 0) is 4.79 Å². The van der Waals surface area contributed by atoms with Gasteiger partial charge in [0.05, 0.1) is 6.04 Å². The zero-order valence-electron chi connectivity index (χ0n) is 11.7. The Kier molecular flexibility index (Phi) is 5.35. The molecule has 1 amide bonds. The molecule has 0 aliphatic heterocycles. The van der Waals surface area contributed by atoms with Gasteiger partial charge in [0.15, 0.2) is 5.84 Å². The average Bonchev–Trinajstić information content (AvgIpc) is 2.90. The third kappa shape index (κ3) is 3.47. The number of hydrogen-bond acceptors (Lipinski definition) is 4. The first-order chi connectivity index (χ1) is 8.90. The van der Waals surface area contributed by atoms with Crippen LogP contribution < -0.4 is 5.73 Å². The Morgan fingerprint density at radius 3 is 2.53 bits per heavy atom. The Labute approximate surface area is 117 Å². The molecule has 1 aromatic heterocycles. The molecule has 0 aliphatic carbocycles. The number of oxime groups is 1. The number of amides is 1. The number of amidine groups is 1. The van der Waals surface area contributed by atoms with Crippen LogP contribution in [0, 0.1) is 11.8 Å². The Hall–Kier alpha value is -1.56. The molecule has 3 N–H and O–H groups in total. The van der Waals surface area contributed by atoms with Gasteiger partial charge in [0.25, 0.3) is 0 Å². The maximum Gasteiger partial charge on any atom is 0.233 e. The second kappa shape index (κ2) is 6.56. The summed E-state index contributed by atoms with van der Waals surface area (Å²) in [6, 6.07) is 3.92. The molecular formula is C13H21N3O2S. The number of carbonyl (C=O) groups excluding carboxylic acids is 1. The van der Waals surface area contributed by atoms with Crippen molar-refractivity contribution in [2.45, 2.75) is 26.8 Å².